The second-order valence-corrected chi connectivity index (χ2v) is 8.10. The van der Waals surface area contributed by atoms with Gasteiger partial charge in [-0.2, -0.15) is 11.8 Å². The van der Waals surface area contributed by atoms with Gasteiger partial charge in [0.1, 0.15) is 11.3 Å². The number of carboxylic acid groups (broad SMARTS) is 1. The van der Waals surface area contributed by atoms with E-state index in [1.807, 2.05) is 0 Å². The molecule has 0 saturated carbocycles. The van der Waals surface area contributed by atoms with Crippen LogP contribution in [0.3, 0.4) is 0 Å². The second-order valence-electron chi connectivity index (χ2n) is 6.88. The number of hydrogen-bond donors (Lipinski definition) is 7. The molecule has 0 bridgehead atoms. The van der Waals surface area contributed by atoms with Gasteiger partial charge in [-0.25, -0.2) is 10.6 Å². The Kier molecular flexibility index (Phi) is 8.38. The van der Waals surface area contributed by atoms with Crippen LogP contribution in [0.4, 0.5) is 5.69 Å². The third-order valence-electron chi connectivity index (χ3n) is 4.73. The molecule has 2 atom stereocenters. The van der Waals surface area contributed by atoms with Gasteiger partial charge < -0.3 is 36.6 Å². The Labute approximate surface area is 178 Å². The number of nitrogens with zero attached hydrogens (tertiary/aromatic N) is 2. The number of carboxylic acids is 1. The summed E-state index contributed by atoms with van der Waals surface area (Å²) in [5, 5.41) is 39.5. The van der Waals surface area contributed by atoms with Crippen molar-refractivity contribution in [2.75, 3.05) is 23.9 Å². The van der Waals surface area contributed by atoms with Crippen LogP contribution in [0.25, 0.3) is 0 Å². The van der Waals surface area contributed by atoms with Crippen LogP contribution in [-0.4, -0.2) is 74.2 Å². The van der Waals surface area contributed by atoms with E-state index in [0.29, 0.717) is 13.1 Å². The molecule has 1 saturated heterocycles. The molecule has 0 radical (unpaired) electrons. The predicted molar refractivity (Wildman–Crippen MR) is 114 cm³/mol. The molecule has 1 aromatic rings. The molecule has 10 N–H and O–H groups in total. The van der Waals surface area contributed by atoms with E-state index in [-0.39, 0.29) is 35.4 Å². The van der Waals surface area contributed by atoms with E-state index >= 15 is 0 Å². The Morgan fingerprint density at radius 1 is 1.40 bits per heavy atom. The van der Waals surface area contributed by atoms with Gasteiger partial charge in [0, 0.05) is 36.7 Å². The summed E-state index contributed by atoms with van der Waals surface area (Å²) in [4.78, 5) is 25.6. The van der Waals surface area contributed by atoms with Gasteiger partial charge in [-0.1, -0.05) is 6.07 Å². The third-order valence-corrected chi connectivity index (χ3v) is 5.98. The van der Waals surface area contributed by atoms with E-state index in [1.165, 1.54) is 18.3 Å². The van der Waals surface area contributed by atoms with Crippen LogP contribution in [0.1, 0.15) is 22.3 Å². The number of likely N-dealkylation sites (tertiary alicyclic amines) is 1. The Morgan fingerprint density at radius 3 is 2.63 bits per heavy atom. The molecular weight excluding hydrogens is 413 g/mol. The summed E-state index contributed by atoms with van der Waals surface area (Å²) in [5.74, 6) is 3.58. The van der Waals surface area contributed by atoms with Crippen LogP contribution in [0.2, 0.25) is 0 Å². The van der Waals surface area contributed by atoms with Crippen LogP contribution in [-0.2, 0) is 11.2 Å². The number of carbonyl (C=O) groups excluding carboxylic acids is 1. The zero-order valence-corrected chi connectivity index (χ0v) is 17.0. The van der Waals surface area contributed by atoms with Crippen molar-refractivity contribution in [2.45, 2.75) is 24.0 Å². The summed E-state index contributed by atoms with van der Waals surface area (Å²) in [5.41, 5.74) is 10.8. The molecule has 1 aliphatic rings. The first kappa shape index (κ1) is 23.8. The van der Waals surface area contributed by atoms with Gasteiger partial charge in [0.05, 0.1) is 11.4 Å². The van der Waals surface area contributed by atoms with Gasteiger partial charge in [0.2, 0.25) is 5.91 Å². The number of benzene rings is 1. The Bertz CT molecular complexity index is 811. The highest BCUT2D eigenvalue weighted by Gasteiger charge is 2.30. The first-order chi connectivity index (χ1) is 14.1. The summed E-state index contributed by atoms with van der Waals surface area (Å²) < 4.78 is 0. The standard InChI is InChI=1S/C17H26BN5O6S/c19-4-6-23(21)12-2-1-10(16(25)15(12)17(26)27)7-13(18(28)29)30-9-14(24)22-5-3-11(20)8-22/h1-2,4,6,11,13,25,28-29H,3,5,7-9,19-21H2,(H,26,27)/b6-4-. The maximum absolute atomic E-state index is 12.3. The summed E-state index contributed by atoms with van der Waals surface area (Å²) >= 11 is 1.01. The highest BCUT2D eigenvalue weighted by atomic mass is 32.2. The van der Waals surface area contributed by atoms with Crippen molar-refractivity contribution in [1.82, 2.24) is 4.90 Å². The summed E-state index contributed by atoms with van der Waals surface area (Å²) in [7, 11) is -1.79. The molecule has 11 nitrogen and oxygen atoms in total. The fourth-order valence-corrected chi connectivity index (χ4v) is 4.15. The van der Waals surface area contributed by atoms with Crippen molar-refractivity contribution in [3.05, 3.63) is 35.7 Å². The van der Waals surface area contributed by atoms with E-state index in [9.17, 15) is 29.9 Å². The highest BCUT2D eigenvalue weighted by Crippen LogP contribution is 2.33. The molecule has 1 heterocycles. The highest BCUT2D eigenvalue weighted by molar-refractivity contribution is 8.01. The van der Waals surface area contributed by atoms with Crippen molar-refractivity contribution in [3.8, 4) is 5.75 Å². The quantitative estimate of drug-likeness (QED) is 0.133. The molecule has 0 spiro atoms. The van der Waals surface area contributed by atoms with Gasteiger partial charge in [0.25, 0.3) is 0 Å². The number of carbonyl (C=O) groups is 2. The molecule has 2 rings (SSSR count). The number of rotatable bonds is 9. The van der Waals surface area contributed by atoms with Crippen LogP contribution in [0.15, 0.2) is 24.5 Å². The molecular formula is C17H26BN5O6S. The van der Waals surface area contributed by atoms with Gasteiger partial charge in [-0.05, 0) is 24.5 Å². The number of nitrogens with two attached hydrogens (primary N) is 3. The van der Waals surface area contributed by atoms with Gasteiger partial charge in [-0.3, -0.25) is 9.80 Å². The number of anilines is 1. The SMILES string of the molecule is N/C=C\N(N)c1ccc(CC(SCC(=O)N2CCC(N)C2)B(O)O)c(O)c1C(=O)O. The van der Waals surface area contributed by atoms with Crippen molar-refractivity contribution in [3.63, 3.8) is 0 Å². The first-order valence-corrected chi connectivity index (χ1v) is 10.2. The third kappa shape index (κ3) is 5.80. The molecule has 2 unspecified atom stereocenters. The van der Waals surface area contributed by atoms with E-state index in [2.05, 4.69) is 0 Å². The van der Waals surface area contributed by atoms with E-state index < -0.39 is 29.5 Å². The Balaban J connectivity index is 2.17. The largest absolute Gasteiger partial charge is 0.507 e. The maximum Gasteiger partial charge on any atom is 0.465 e. The number of aromatic hydroxyl groups is 1. The fraction of sp³-hybridized carbons (Fsp3) is 0.412. The zero-order valence-electron chi connectivity index (χ0n) is 16.2. The number of phenols is 1. The molecule has 13 heteroatoms. The molecule has 1 amide bonds. The minimum Gasteiger partial charge on any atom is -0.507 e. The summed E-state index contributed by atoms with van der Waals surface area (Å²) in [6.45, 7) is 1.02. The zero-order chi connectivity index (χ0) is 22.4. The Morgan fingerprint density at radius 2 is 2.10 bits per heavy atom. The van der Waals surface area contributed by atoms with Crippen molar-refractivity contribution in [2.24, 2.45) is 17.3 Å². The van der Waals surface area contributed by atoms with Gasteiger partial charge >= 0.3 is 13.1 Å². The molecule has 0 aliphatic carbocycles. The number of amides is 1. The molecule has 0 aromatic heterocycles. The minimum atomic E-state index is -1.79. The molecule has 30 heavy (non-hydrogen) atoms. The topological polar surface area (TPSA) is 200 Å². The number of hydrogen-bond acceptors (Lipinski definition) is 10. The smallest absolute Gasteiger partial charge is 0.465 e. The lowest BCUT2D eigenvalue weighted by molar-refractivity contribution is -0.127. The van der Waals surface area contributed by atoms with Crippen LogP contribution in [0.5, 0.6) is 5.75 Å². The average molecular weight is 439 g/mol. The lowest BCUT2D eigenvalue weighted by Crippen LogP contribution is -2.36. The summed E-state index contributed by atoms with van der Waals surface area (Å²) in [6.07, 6.45) is 2.96. The number of hydrazine groups is 1. The van der Waals surface area contributed by atoms with Gasteiger partial charge in [0.15, 0.2) is 0 Å². The van der Waals surface area contributed by atoms with Crippen molar-refractivity contribution >= 4 is 36.4 Å². The molecule has 1 aliphatic heterocycles. The van der Waals surface area contributed by atoms with Crippen LogP contribution >= 0.6 is 11.8 Å². The van der Waals surface area contributed by atoms with Crippen LogP contribution < -0.4 is 22.3 Å². The monoisotopic (exact) mass is 439 g/mol. The number of thioether (sulfide) groups is 1. The normalized spacial score (nSPS) is 17.3. The van der Waals surface area contributed by atoms with Gasteiger partial charge in [-0.15, -0.1) is 0 Å². The van der Waals surface area contributed by atoms with E-state index in [0.717, 1.165) is 29.4 Å². The number of aromatic carboxylic acids is 1. The van der Waals surface area contributed by atoms with Crippen molar-refractivity contribution < 1.29 is 29.9 Å². The van der Waals surface area contributed by atoms with Crippen molar-refractivity contribution in [1.29, 1.82) is 0 Å². The molecule has 164 valence electrons. The minimum absolute atomic E-state index is 0.000232. The second kappa shape index (κ2) is 10.5. The van der Waals surface area contributed by atoms with Crippen LogP contribution in [0, 0.1) is 0 Å². The average Bonchev–Trinajstić information content (AvgIpc) is 3.11. The Hall–Kier alpha value is -2.45. The lowest BCUT2D eigenvalue weighted by Gasteiger charge is -2.21. The summed E-state index contributed by atoms with van der Waals surface area (Å²) in [6, 6.07) is 2.75. The first-order valence-electron chi connectivity index (χ1n) is 9.17. The maximum atomic E-state index is 12.3. The predicted octanol–water partition coefficient (Wildman–Crippen LogP) is -1.58. The molecule has 1 fully saturated rings. The molecule has 1 aromatic carbocycles. The van der Waals surface area contributed by atoms with E-state index in [4.69, 9.17) is 17.3 Å². The van der Waals surface area contributed by atoms with E-state index in [1.54, 1.807) is 4.90 Å². The fourth-order valence-electron chi connectivity index (χ4n) is 3.14. The lowest BCUT2D eigenvalue weighted by atomic mass is 9.81.